The fourth-order valence-electron chi connectivity index (χ4n) is 1.16. The van der Waals surface area contributed by atoms with E-state index in [9.17, 15) is 4.79 Å². The summed E-state index contributed by atoms with van der Waals surface area (Å²) in [5.74, 6) is -0.752. The Morgan fingerprint density at radius 1 is 1.46 bits per heavy atom. The predicted molar refractivity (Wildman–Crippen MR) is 49.0 cm³/mol. The van der Waals surface area contributed by atoms with Gasteiger partial charge in [-0.05, 0) is 13.0 Å². The Hall–Kier alpha value is -1.51. The van der Waals surface area contributed by atoms with E-state index in [1.54, 1.807) is 25.1 Å². The SMILES string of the molecule is COc1ccccc1C(C)C(=O)O. The first-order valence-corrected chi connectivity index (χ1v) is 4.02. The van der Waals surface area contributed by atoms with E-state index in [4.69, 9.17) is 9.84 Å². The first-order valence-electron chi connectivity index (χ1n) is 4.02. The van der Waals surface area contributed by atoms with Gasteiger partial charge in [0.05, 0.1) is 13.0 Å². The Bertz CT molecular complexity index is 307. The van der Waals surface area contributed by atoms with E-state index in [2.05, 4.69) is 0 Å². The van der Waals surface area contributed by atoms with Crippen LogP contribution in [0.5, 0.6) is 5.75 Å². The van der Waals surface area contributed by atoms with Crippen molar-refractivity contribution >= 4 is 5.97 Å². The van der Waals surface area contributed by atoms with Crippen LogP contribution in [-0.2, 0) is 4.79 Å². The lowest BCUT2D eigenvalue weighted by atomic mass is 10.0. The summed E-state index contributed by atoms with van der Waals surface area (Å²) in [6, 6.07) is 7.14. The lowest BCUT2D eigenvalue weighted by Gasteiger charge is -2.10. The van der Waals surface area contributed by atoms with Crippen molar-refractivity contribution in [3.63, 3.8) is 0 Å². The first kappa shape index (κ1) is 9.58. The van der Waals surface area contributed by atoms with Crippen molar-refractivity contribution in [1.29, 1.82) is 0 Å². The molecule has 0 aliphatic heterocycles. The van der Waals surface area contributed by atoms with E-state index in [0.717, 1.165) is 0 Å². The van der Waals surface area contributed by atoms with Gasteiger partial charge < -0.3 is 9.84 Å². The number of methoxy groups -OCH3 is 1. The van der Waals surface area contributed by atoms with Gasteiger partial charge in [-0.3, -0.25) is 4.79 Å². The number of carbonyl (C=O) groups is 1. The molecule has 1 aromatic rings. The molecule has 0 aromatic heterocycles. The minimum atomic E-state index is -0.843. The Kier molecular flexibility index (Phi) is 2.90. The first-order chi connectivity index (χ1) is 6.16. The number of rotatable bonds is 3. The maximum atomic E-state index is 10.7. The molecule has 0 radical (unpaired) electrons. The van der Waals surface area contributed by atoms with E-state index < -0.39 is 11.9 Å². The highest BCUT2D eigenvalue weighted by Crippen LogP contribution is 2.25. The van der Waals surface area contributed by atoms with Crippen molar-refractivity contribution in [1.82, 2.24) is 0 Å². The van der Waals surface area contributed by atoms with Crippen LogP contribution in [0.15, 0.2) is 24.3 Å². The molecular weight excluding hydrogens is 168 g/mol. The Morgan fingerprint density at radius 2 is 2.08 bits per heavy atom. The summed E-state index contributed by atoms with van der Waals surface area (Å²) >= 11 is 0. The zero-order valence-electron chi connectivity index (χ0n) is 7.65. The minimum Gasteiger partial charge on any atom is -0.496 e. The molecule has 0 saturated heterocycles. The van der Waals surface area contributed by atoms with Crippen LogP contribution in [0.3, 0.4) is 0 Å². The Balaban J connectivity index is 3.05. The van der Waals surface area contributed by atoms with Gasteiger partial charge in [-0.1, -0.05) is 18.2 Å². The number of aliphatic carboxylic acids is 1. The van der Waals surface area contributed by atoms with Crippen molar-refractivity contribution in [3.8, 4) is 5.75 Å². The summed E-state index contributed by atoms with van der Waals surface area (Å²) in [5.41, 5.74) is 0.706. The summed E-state index contributed by atoms with van der Waals surface area (Å²) in [7, 11) is 1.54. The smallest absolute Gasteiger partial charge is 0.310 e. The second-order valence-corrected chi connectivity index (χ2v) is 2.80. The van der Waals surface area contributed by atoms with Crippen LogP contribution < -0.4 is 4.74 Å². The highest BCUT2D eigenvalue weighted by molar-refractivity contribution is 5.76. The summed E-state index contributed by atoms with van der Waals surface area (Å²) in [6.45, 7) is 1.64. The van der Waals surface area contributed by atoms with Gasteiger partial charge in [0.1, 0.15) is 5.75 Å². The van der Waals surface area contributed by atoms with E-state index in [0.29, 0.717) is 11.3 Å². The molecule has 1 N–H and O–H groups in total. The molecule has 0 bridgehead atoms. The molecule has 0 aliphatic rings. The molecular formula is C10H12O3. The number of carboxylic acid groups (broad SMARTS) is 1. The van der Waals surface area contributed by atoms with Gasteiger partial charge in [0.2, 0.25) is 0 Å². The molecule has 13 heavy (non-hydrogen) atoms. The highest BCUT2D eigenvalue weighted by atomic mass is 16.5. The Morgan fingerprint density at radius 3 is 2.62 bits per heavy atom. The molecule has 0 saturated carbocycles. The Labute approximate surface area is 77.0 Å². The van der Waals surface area contributed by atoms with Gasteiger partial charge in [0.15, 0.2) is 0 Å². The van der Waals surface area contributed by atoms with Crippen molar-refractivity contribution in [2.45, 2.75) is 12.8 Å². The maximum Gasteiger partial charge on any atom is 0.310 e. The lowest BCUT2D eigenvalue weighted by Crippen LogP contribution is -2.08. The number of hydrogen-bond donors (Lipinski definition) is 1. The van der Waals surface area contributed by atoms with Crippen LogP contribution in [0.1, 0.15) is 18.4 Å². The van der Waals surface area contributed by atoms with Crippen molar-refractivity contribution in [2.24, 2.45) is 0 Å². The van der Waals surface area contributed by atoms with Crippen molar-refractivity contribution in [3.05, 3.63) is 29.8 Å². The van der Waals surface area contributed by atoms with Crippen molar-refractivity contribution < 1.29 is 14.6 Å². The van der Waals surface area contributed by atoms with Crippen LogP contribution >= 0.6 is 0 Å². The van der Waals surface area contributed by atoms with Crippen LogP contribution in [0, 0.1) is 0 Å². The number of para-hydroxylation sites is 1. The average Bonchev–Trinajstić information content (AvgIpc) is 2.16. The number of benzene rings is 1. The minimum absolute atomic E-state index is 0.531. The molecule has 0 amide bonds. The molecule has 0 heterocycles. The van der Waals surface area contributed by atoms with Gasteiger partial charge in [-0.2, -0.15) is 0 Å². The molecule has 1 rings (SSSR count). The molecule has 0 fully saturated rings. The third kappa shape index (κ3) is 1.99. The van der Waals surface area contributed by atoms with Crippen LogP contribution in [0.4, 0.5) is 0 Å². The molecule has 3 heteroatoms. The lowest BCUT2D eigenvalue weighted by molar-refractivity contribution is -0.138. The van der Waals surface area contributed by atoms with Gasteiger partial charge >= 0.3 is 5.97 Å². The van der Waals surface area contributed by atoms with Gasteiger partial charge in [0, 0.05) is 5.56 Å². The van der Waals surface area contributed by atoms with Crippen LogP contribution in [-0.4, -0.2) is 18.2 Å². The zero-order chi connectivity index (χ0) is 9.84. The second kappa shape index (κ2) is 3.94. The number of ether oxygens (including phenoxy) is 1. The quantitative estimate of drug-likeness (QED) is 0.772. The maximum absolute atomic E-state index is 10.7. The van der Waals surface area contributed by atoms with Gasteiger partial charge in [-0.25, -0.2) is 0 Å². The molecule has 0 aliphatic carbocycles. The molecule has 70 valence electrons. The van der Waals surface area contributed by atoms with Gasteiger partial charge in [0.25, 0.3) is 0 Å². The molecule has 1 atom stereocenters. The topological polar surface area (TPSA) is 46.5 Å². The largest absolute Gasteiger partial charge is 0.496 e. The fourth-order valence-corrected chi connectivity index (χ4v) is 1.16. The number of hydrogen-bond acceptors (Lipinski definition) is 2. The summed E-state index contributed by atoms with van der Waals surface area (Å²) in [5, 5.41) is 8.80. The van der Waals surface area contributed by atoms with Crippen molar-refractivity contribution in [2.75, 3.05) is 7.11 Å². The van der Waals surface area contributed by atoms with Crippen LogP contribution in [0.2, 0.25) is 0 Å². The van der Waals surface area contributed by atoms with E-state index in [1.807, 2.05) is 6.07 Å². The second-order valence-electron chi connectivity index (χ2n) is 2.80. The summed E-state index contributed by atoms with van der Waals surface area (Å²) in [4.78, 5) is 10.7. The fraction of sp³-hybridized carbons (Fsp3) is 0.300. The monoisotopic (exact) mass is 180 g/mol. The predicted octanol–water partition coefficient (Wildman–Crippen LogP) is 1.88. The zero-order valence-corrected chi connectivity index (χ0v) is 7.65. The average molecular weight is 180 g/mol. The third-order valence-corrected chi connectivity index (χ3v) is 1.98. The standard InChI is InChI=1S/C10H12O3/c1-7(10(11)12)8-5-3-4-6-9(8)13-2/h3-7H,1-2H3,(H,11,12). The molecule has 1 unspecified atom stereocenters. The van der Waals surface area contributed by atoms with E-state index >= 15 is 0 Å². The number of carboxylic acids is 1. The summed E-state index contributed by atoms with van der Waals surface area (Å²) in [6.07, 6.45) is 0. The highest BCUT2D eigenvalue weighted by Gasteiger charge is 2.16. The summed E-state index contributed by atoms with van der Waals surface area (Å²) < 4.78 is 5.05. The molecule has 0 spiro atoms. The van der Waals surface area contributed by atoms with E-state index in [1.165, 1.54) is 7.11 Å². The molecule has 3 nitrogen and oxygen atoms in total. The third-order valence-electron chi connectivity index (χ3n) is 1.98. The van der Waals surface area contributed by atoms with E-state index in [-0.39, 0.29) is 0 Å². The van der Waals surface area contributed by atoms with Gasteiger partial charge in [-0.15, -0.1) is 0 Å². The van der Waals surface area contributed by atoms with Crippen LogP contribution in [0.25, 0.3) is 0 Å². The molecule has 1 aromatic carbocycles. The normalized spacial score (nSPS) is 12.2.